The number of nitrogens with zero attached hydrogens (tertiary/aromatic N) is 2. The summed E-state index contributed by atoms with van der Waals surface area (Å²) in [5.74, 6) is -0.402. The number of carbonyl (C=O) groups excluding carboxylic acids is 1. The molecule has 148 valence electrons. The number of amides is 1. The SMILES string of the molecule is CN1C(NC(=O)OC(C)(C)C)=N[C@@]2(COCc3ccc(N)cc32)CS1(=O)=O. The summed E-state index contributed by atoms with van der Waals surface area (Å²) in [6.07, 6.45) is -0.787. The predicted molar refractivity (Wildman–Crippen MR) is 101 cm³/mol. The fourth-order valence-corrected chi connectivity index (χ4v) is 4.56. The molecule has 0 aliphatic carbocycles. The molecular formula is C17H24N4O5S. The summed E-state index contributed by atoms with van der Waals surface area (Å²) in [6, 6.07) is 5.24. The second kappa shape index (κ2) is 6.38. The summed E-state index contributed by atoms with van der Waals surface area (Å²) in [5, 5.41) is 2.45. The molecule has 9 nitrogen and oxygen atoms in total. The van der Waals surface area contributed by atoms with Crippen molar-refractivity contribution in [3.8, 4) is 0 Å². The number of hydrogen-bond acceptors (Lipinski definition) is 7. The number of benzene rings is 1. The minimum absolute atomic E-state index is 0.0655. The van der Waals surface area contributed by atoms with Crippen LogP contribution < -0.4 is 11.1 Å². The first-order valence-electron chi connectivity index (χ1n) is 8.45. The molecule has 0 bridgehead atoms. The van der Waals surface area contributed by atoms with E-state index in [0.717, 1.165) is 9.87 Å². The van der Waals surface area contributed by atoms with E-state index in [1.165, 1.54) is 7.05 Å². The first-order chi connectivity index (χ1) is 12.4. The number of nitrogens with two attached hydrogens (primary N) is 1. The molecule has 2 heterocycles. The average molecular weight is 396 g/mol. The van der Waals surface area contributed by atoms with Crippen molar-refractivity contribution >= 4 is 27.8 Å². The lowest BCUT2D eigenvalue weighted by Crippen LogP contribution is -2.56. The third kappa shape index (κ3) is 3.86. The lowest BCUT2D eigenvalue weighted by Gasteiger charge is -2.41. The molecule has 0 fully saturated rings. The molecule has 1 spiro atoms. The second-order valence-corrected chi connectivity index (χ2v) is 9.73. The summed E-state index contributed by atoms with van der Waals surface area (Å²) in [6.45, 7) is 5.55. The van der Waals surface area contributed by atoms with E-state index in [1.54, 1.807) is 39.0 Å². The highest BCUT2D eigenvalue weighted by Gasteiger charge is 2.47. The predicted octanol–water partition coefficient (Wildman–Crippen LogP) is 1.15. The maximum Gasteiger partial charge on any atom is 0.414 e. The van der Waals surface area contributed by atoms with Gasteiger partial charge in [0.2, 0.25) is 16.0 Å². The van der Waals surface area contributed by atoms with E-state index in [1.807, 2.05) is 0 Å². The Balaban J connectivity index is 2.06. The van der Waals surface area contributed by atoms with Crippen LogP contribution in [0.4, 0.5) is 10.5 Å². The highest BCUT2D eigenvalue weighted by Crippen LogP contribution is 2.39. The van der Waals surface area contributed by atoms with Crippen LogP contribution in [0.1, 0.15) is 31.9 Å². The molecule has 0 unspecified atom stereocenters. The highest BCUT2D eigenvalue weighted by molar-refractivity contribution is 7.89. The van der Waals surface area contributed by atoms with Gasteiger partial charge in [0.1, 0.15) is 16.9 Å². The number of ether oxygens (including phenoxy) is 2. The Hall–Kier alpha value is -2.33. The van der Waals surface area contributed by atoms with E-state index in [2.05, 4.69) is 10.3 Å². The largest absolute Gasteiger partial charge is 0.444 e. The number of anilines is 1. The molecule has 0 aromatic heterocycles. The number of nitrogen functional groups attached to an aromatic ring is 1. The van der Waals surface area contributed by atoms with Crippen LogP contribution in [0.15, 0.2) is 23.2 Å². The van der Waals surface area contributed by atoms with Gasteiger partial charge in [-0.2, -0.15) is 0 Å². The number of fused-ring (bicyclic) bond motifs is 2. The number of aliphatic imine (C=N–C) groups is 1. The summed E-state index contributed by atoms with van der Waals surface area (Å²) in [5.41, 5.74) is 6.01. The van der Waals surface area contributed by atoms with Crippen LogP contribution in [0.25, 0.3) is 0 Å². The first-order valence-corrected chi connectivity index (χ1v) is 10.1. The molecule has 0 radical (unpaired) electrons. The Labute approximate surface area is 158 Å². The summed E-state index contributed by atoms with van der Waals surface area (Å²) >= 11 is 0. The number of rotatable bonds is 0. The number of alkyl carbamates (subject to hydrolysis) is 1. The number of hydrogen-bond donors (Lipinski definition) is 2. The van der Waals surface area contributed by atoms with Crippen LogP contribution in [0, 0.1) is 0 Å². The highest BCUT2D eigenvalue weighted by atomic mass is 32.2. The molecule has 10 heteroatoms. The van der Waals surface area contributed by atoms with Gasteiger partial charge in [0.25, 0.3) is 0 Å². The minimum atomic E-state index is -3.75. The van der Waals surface area contributed by atoms with E-state index >= 15 is 0 Å². The van der Waals surface area contributed by atoms with Crippen LogP contribution in [0.5, 0.6) is 0 Å². The molecule has 1 aromatic carbocycles. The monoisotopic (exact) mass is 396 g/mol. The van der Waals surface area contributed by atoms with Crippen molar-refractivity contribution in [1.82, 2.24) is 9.62 Å². The zero-order chi connectivity index (χ0) is 20.0. The van der Waals surface area contributed by atoms with Crippen LogP contribution in [0.3, 0.4) is 0 Å². The fraction of sp³-hybridized carbons (Fsp3) is 0.529. The van der Waals surface area contributed by atoms with Crippen molar-refractivity contribution in [2.45, 2.75) is 38.5 Å². The molecule has 2 aliphatic heterocycles. The van der Waals surface area contributed by atoms with Gasteiger partial charge in [0.05, 0.1) is 13.2 Å². The topological polar surface area (TPSA) is 123 Å². The Morgan fingerprint density at radius 2 is 2.11 bits per heavy atom. The molecule has 3 rings (SSSR count). The van der Waals surface area contributed by atoms with Gasteiger partial charge < -0.3 is 15.2 Å². The zero-order valence-corrected chi connectivity index (χ0v) is 16.6. The first kappa shape index (κ1) is 19.4. The van der Waals surface area contributed by atoms with Crippen LogP contribution in [0.2, 0.25) is 0 Å². The van der Waals surface area contributed by atoms with E-state index in [0.29, 0.717) is 17.9 Å². The molecule has 1 aromatic rings. The Morgan fingerprint density at radius 3 is 2.78 bits per heavy atom. The average Bonchev–Trinajstić information content (AvgIpc) is 2.51. The second-order valence-electron chi connectivity index (χ2n) is 7.73. The lowest BCUT2D eigenvalue weighted by molar-refractivity contribution is 0.0541. The quantitative estimate of drug-likeness (QED) is 0.634. The maximum absolute atomic E-state index is 12.8. The number of guanidine groups is 1. The van der Waals surface area contributed by atoms with Crippen molar-refractivity contribution in [2.24, 2.45) is 4.99 Å². The van der Waals surface area contributed by atoms with Gasteiger partial charge in [-0.15, -0.1) is 0 Å². The maximum atomic E-state index is 12.8. The third-order valence-electron chi connectivity index (χ3n) is 4.30. The van der Waals surface area contributed by atoms with Gasteiger partial charge >= 0.3 is 6.09 Å². The van der Waals surface area contributed by atoms with E-state index in [-0.39, 0.29) is 18.3 Å². The minimum Gasteiger partial charge on any atom is -0.444 e. The Morgan fingerprint density at radius 1 is 1.41 bits per heavy atom. The van der Waals surface area contributed by atoms with Crippen molar-refractivity contribution in [3.63, 3.8) is 0 Å². The molecule has 0 saturated heterocycles. The number of carbonyl (C=O) groups is 1. The van der Waals surface area contributed by atoms with Crippen LogP contribution >= 0.6 is 0 Å². The standard InChI is InChI=1S/C17H24N4O5S/c1-16(2,3)26-15(22)19-14-20-17(10-27(23,24)21(14)4)9-25-8-11-5-6-12(18)7-13(11)17/h5-7H,8-10,18H2,1-4H3,(H,19,20,22)/t17-/m0/s1. The summed E-state index contributed by atoms with van der Waals surface area (Å²) in [7, 11) is -2.42. The van der Waals surface area contributed by atoms with Crippen LogP contribution in [-0.4, -0.2) is 49.8 Å². The number of sulfonamides is 1. The molecule has 1 amide bonds. The Bertz CT molecular complexity index is 906. The molecule has 3 N–H and O–H groups in total. The van der Waals surface area contributed by atoms with Gasteiger partial charge in [0.15, 0.2) is 0 Å². The third-order valence-corrected chi connectivity index (χ3v) is 6.15. The van der Waals surface area contributed by atoms with Gasteiger partial charge in [-0.05, 0) is 44.0 Å². The molecular weight excluding hydrogens is 372 g/mol. The normalized spacial score (nSPS) is 24.1. The van der Waals surface area contributed by atoms with Crippen molar-refractivity contribution in [2.75, 3.05) is 25.1 Å². The summed E-state index contributed by atoms with van der Waals surface area (Å²) < 4.78 is 37.4. The van der Waals surface area contributed by atoms with Crippen LogP contribution in [-0.2, 0) is 31.6 Å². The van der Waals surface area contributed by atoms with Crippen molar-refractivity contribution in [1.29, 1.82) is 0 Å². The summed E-state index contributed by atoms with van der Waals surface area (Å²) in [4.78, 5) is 16.7. The van der Waals surface area contributed by atoms with Crippen molar-refractivity contribution in [3.05, 3.63) is 29.3 Å². The molecule has 27 heavy (non-hydrogen) atoms. The van der Waals surface area contributed by atoms with Gasteiger partial charge in [-0.3, -0.25) is 5.32 Å². The van der Waals surface area contributed by atoms with E-state index in [4.69, 9.17) is 15.2 Å². The molecule has 2 aliphatic rings. The van der Waals surface area contributed by atoms with Crippen molar-refractivity contribution < 1.29 is 22.7 Å². The zero-order valence-electron chi connectivity index (χ0n) is 15.8. The van der Waals surface area contributed by atoms with E-state index in [9.17, 15) is 13.2 Å². The number of nitrogens with one attached hydrogen (secondary N) is 1. The molecule has 1 atom stereocenters. The van der Waals surface area contributed by atoms with Gasteiger partial charge in [-0.25, -0.2) is 22.5 Å². The molecule has 0 saturated carbocycles. The van der Waals surface area contributed by atoms with E-state index < -0.39 is 27.3 Å². The lowest BCUT2D eigenvalue weighted by atomic mass is 9.87. The fourth-order valence-electron chi connectivity index (χ4n) is 3.11. The van der Waals surface area contributed by atoms with Gasteiger partial charge in [-0.1, -0.05) is 6.07 Å². The van der Waals surface area contributed by atoms with Gasteiger partial charge in [0, 0.05) is 12.7 Å². The Kier molecular flexibility index (Phi) is 4.59. The smallest absolute Gasteiger partial charge is 0.414 e.